The number of likely N-dealkylation sites (N-methyl/N-ethyl adjacent to an activating group) is 1. The second-order valence-corrected chi connectivity index (χ2v) is 6.52. The summed E-state index contributed by atoms with van der Waals surface area (Å²) < 4.78 is 25.2. The summed E-state index contributed by atoms with van der Waals surface area (Å²) in [4.78, 5) is 11.6. The largest absolute Gasteiger partial charge is 0.508 e. The van der Waals surface area contributed by atoms with E-state index < -0.39 is 10.0 Å². The van der Waals surface area contributed by atoms with Gasteiger partial charge in [-0.1, -0.05) is 0 Å². The maximum Gasteiger partial charge on any atom is 0.243 e. The third-order valence-corrected chi connectivity index (χ3v) is 4.18. The van der Waals surface area contributed by atoms with Gasteiger partial charge in [-0.15, -0.1) is 0 Å². The average molecular weight is 286 g/mol. The molecule has 106 valence electrons. The van der Waals surface area contributed by atoms with Crippen molar-refractivity contribution in [3.63, 3.8) is 0 Å². The molecule has 0 aromatic heterocycles. The Hall–Kier alpha value is -1.60. The van der Waals surface area contributed by atoms with Crippen molar-refractivity contribution in [2.75, 3.05) is 13.6 Å². The SMILES string of the molecule is CC(C)NC(=O)CN(C)S(=O)(=O)c1ccc(O)cc1. The number of phenolic OH excluding ortho intramolecular Hbond substituents is 1. The Labute approximate surface area is 113 Å². The summed E-state index contributed by atoms with van der Waals surface area (Å²) in [7, 11) is -2.39. The van der Waals surface area contributed by atoms with E-state index in [9.17, 15) is 13.2 Å². The van der Waals surface area contributed by atoms with E-state index >= 15 is 0 Å². The fourth-order valence-electron chi connectivity index (χ4n) is 1.45. The molecule has 0 aliphatic heterocycles. The van der Waals surface area contributed by atoms with Crippen LogP contribution in [0.3, 0.4) is 0 Å². The third kappa shape index (κ3) is 4.22. The molecule has 1 aromatic carbocycles. The van der Waals surface area contributed by atoms with Crippen molar-refractivity contribution in [3.05, 3.63) is 24.3 Å². The van der Waals surface area contributed by atoms with Gasteiger partial charge in [-0.3, -0.25) is 4.79 Å². The van der Waals surface area contributed by atoms with Crippen LogP contribution in [0.15, 0.2) is 29.2 Å². The van der Waals surface area contributed by atoms with E-state index in [-0.39, 0.29) is 29.1 Å². The van der Waals surface area contributed by atoms with Crippen LogP contribution < -0.4 is 5.32 Å². The van der Waals surface area contributed by atoms with Gasteiger partial charge in [-0.05, 0) is 38.1 Å². The normalized spacial score (nSPS) is 11.8. The van der Waals surface area contributed by atoms with Gasteiger partial charge in [0.15, 0.2) is 0 Å². The molecule has 0 radical (unpaired) electrons. The fraction of sp³-hybridized carbons (Fsp3) is 0.417. The molecule has 0 heterocycles. The Morgan fingerprint density at radius 2 is 1.84 bits per heavy atom. The summed E-state index contributed by atoms with van der Waals surface area (Å²) in [5.41, 5.74) is 0. The Balaban J connectivity index is 2.83. The molecule has 0 spiro atoms. The molecular weight excluding hydrogens is 268 g/mol. The zero-order chi connectivity index (χ0) is 14.6. The minimum atomic E-state index is -3.73. The Morgan fingerprint density at radius 1 is 1.32 bits per heavy atom. The molecule has 6 nitrogen and oxygen atoms in total. The van der Waals surface area contributed by atoms with Crippen molar-refractivity contribution in [2.45, 2.75) is 24.8 Å². The number of amides is 1. The highest BCUT2D eigenvalue weighted by atomic mass is 32.2. The number of carbonyl (C=O) groups is 1. The van der Waals surface area contributed by atoms with Crippen LogP contribution >= 0.6 is 0 Å². The van der Waals surface area contributed by atoms with Gasteiger partial charge >= 0.3 is 0 Å². The first kappa shape index (κ1) is 15.5. The highest BCUT2D eigenvalue weighted by molar-refractivity contribution is 7.89. The number of aromatic hydroxyl groups is 1. The first-order chi connectivity index (χ1) is 8.73. The first-order valence-electron chi connectivity index (χ1n) is 5.78. The summed E-state index contributed by atoms with van der Waals surface area (Å²) in [6.07, 6.45) is 0. The zero-order valence-corrected chi connectivity index (χ0v) is 11.9. The monoisotopic (exact) mass is 286 g/mol. The molecular formula is C12H18N2O4S. The first-order valence-corrected chi connectivity index (χ1v) is 7.22. The van der Waals surface area contributed by atoms with Crippen molar-refractivity contribution >= 4 is 15.9 Å². The van der Waals surface area contributed by atoms with Crippen LogP contribution in [0.4, 0.5) is 0 Å². The van der Waals surface area contributed by atoms with Gasteiger partial charge < -0.3 is 10.4 Å². The molecule has 0 saturated carbocycles. The van der Waals surface area contributed by atoms with Crippen LogP contribution in [0.5, 0.6) is 5.75 Å². The van der Waals surface area contributed by atoms with E-state index in [0.29, 0.717) is 0 Å². The number of benzene rings is 1. The molecule has 1 amide bonds. The minimum Gasteiger partial charge on any atom is -0.508 e. The van der Waals surface area contributed by atoms with E-state index in [1.807, 2.05) is 0 Å². The van der Waals surface area contributed by atoms with Crippen molar-refractivity contribution in [3.8, 4) is 5.75 Å². The molecule has 19 heavy (non-hydrogen) atoms. The highest BCUT2D eigenvalue weighted by Gasteiger charge is 2.22. The maximum absolute atomic E-state index is 12.1. The van der Waals surface area contributed by atoms with Crippen molar-refractivity contribution in [2.24, 2.45) is 0 Å². The summed E-state index contributed by atoms with van der Waals surface area (Å²) in [5.74, 6) is -0.376. The molecule has 0 aliphatic carbocycles. The maximum atomic E-state index is 12.1. The molecule has 0 saturated heterocycles. The molecule has 0 unspecified atom stereocenters. The van der Waals surface area contributed by atoms with Gasteiger partial charge in [0.25, 0.3) is 0 Å². The standard InChI is InChI=1S/C12H18N2O4S/c1-9(2)13-12(16)8-14(3)19(17,18)11-6-4-10(15)5-7-11/h4-7,9,15H,8H2,1-3H3,(H,13,16). The van der Waals surface area contributed by atoms with Crippen LogP contribution in [0.25, 0.3) is 0 Å². The lowest BCUT2D eigenvalue weighted by atomic mass is 10.3. The van der Waals surface area contributed by atoms with Crippen molar-refractivity contribution in [1.29, 1.82) is 0 Å². The quantitative estimate of drug-likeness (QED) is 0.827. The lowest BCUT2D eigenvalue weighted by Crippen LogP contribution is -2.40. The fourth-order valence-corrected chi connectivity index (χ4v) is 2.58. The number of rotatable bonds is 5. The summed E-state index contributed by atoms with van der Waals surface area (Å²) in [6.45, 7) is 3.35. The number of carbonyl (C=O) groups excluding carboxylic acids is 1. The topological polar surface area (TPSA) is 86.7 Å². The van der Waals surface area contributed by atoms with Crippen LogP contribution in [0.1, 0.15) is 13.8 Å². The Bertz CT molecular complexity index is 537. The lowest BCUT2D eigenvalue weighted by Gasteiger charge is -2.17. The van der Waals surface area contributed by atoms with Gasteiger partial charge in [0, 0.05) is 13.1 Å². The lowest BCUT2D eigenvalue weighted by molar-refractivity contribution is -0.121. The number of hydrogen-bond acceptors (Lipinski definition) is 4. The van der Waals surface area contributed by atoms with Gasteiger partial charge in [-0.2, -0.15) is 4.31 Å². The molecule has 1 rings (SSSR count). The average Bonchev–Trinajstić information content (AvgIpc) is 2.28. The Morgan fingerprint density at radius 3 is 2.32 bits per heavy atom. The molecule has 2 N–H and O–H groups in total. The van der Waals surface area contributed by atoms with Gasteiger partial charge in [0.1, 0.15) is 5.75 Å². The number of nitrogens with zero attached hydrogens (tertiary/aromatic N) is 1. The summed E-state index contributed by atoms with van der Waals surface area (Å²) in [5, 5.41) is 11.8. The second-order valence-electron chi connectivity index (χ2n) is 4.48. The molecule has 0 fully saturated rings. The molecule has 0 bridgehead atoms. The van der Waals surface area contributed by atoms with Gasteiger partial charge in [0.05, 0.1) is 11.4 Å². The predicted octanol–water partition coefficient (Wildman–Crippen LogP) is 0.537. The van der Waals surface area contributed by atoms with Crippen molar-refractivity contribution in [1.82, 2.24) is 9.62 Å². The van der Waals surface area contributed by atoms with E-state index in [1.165, 1.54) is 31.3 Å². The third-order valence-electron chi connectivity index (χ3n) is 2.36. The molecule has 7 heteroatoms. The zero-order valence-electron chi connectivity index (χ0n) is 11.1. The van der Waals surface area contributed by atoms with Gasteiger partial charge in [-0.25, -0.2) is 8.42 Å². The number of phenols is 1. The van der Waals surface area contributed by atoms with Crippen LogP contribution in [-0.4, -0.2) is 43.4 Å². The molecule has 1 aromatic rings. The van der Waals surface area contributed by atoms with Crippen LogP contribution in [0, 0.1) is 0 Å². The molecule has 0 atom stereocenters. The minimum absolute atomic E-state index is 0.0147. The van der Waals surface area contributed by atoms with E-state index in [2.05, 4.69) is 5.32 Å². The summed E-state index contributed by atoms with van der Waals surface area (Å²) in [6, 6.07) is 5.12. The van der Waals surface area contributed by atoms with E-state index in [1.54, 1.807) is 13.8 Å². The van der Waals surface area contributed by atoms with E-state index in [0.717, 1.165) is 4.31 Å². The smallest absolute Gasteiger partial charge is 0.243 e. The Kier molecular flexibility index (Phi) is 4.90. The number of nitrogens with one attached hydrogen (secondary N) is 1. The summed E-state index contributed by atoms with van der Waals surface area (Å²) >= 11 is 0. The van der Waals surface area contributed by atoms with E-state index in [4.69, 9.17) is 5.11 Å². The van der Waals surface area contributed by atoms with Crippen molar-refractivity contribution < 1.29 is 18.3 Å². The van der Waals surface area contributed by atoms with Crippen LogP contribution in [-0.2, 0) is 14.8 Å². The predicted molar refractivity (Wildman–Crippen MR) is 71.2 cm³/mol. The highest BCUT2D eigenvalue weighted by Crippen LogP contribution is 2.17. The second kappa shape index (κ2) is 6.03. The molecule has 0 aliphatic rings. The van der Waals surface area contributed by atoms with Gasteiger partial charge in [0.2, 0.25) is 15.9 Å². The number of sulfonamides is 1. The number of hydrogen-bond donors (Lipinski definition) is 2. The van der Waals surface area contributed by atoms with Crippen LogP contribution in [0.2, 0.25) is 0 Å².